The summed E-state index contributed by atoms with van der Waals surface area (Å²) in [4.78, 5) is 11.3. The third kappa shape index (κ3) is 2.29. The van der Waals surface area contributed by atoms with Crippen molar-refractivity contribution in [1.82, 2.24) is 0 Å². The van der Waals surface area contributed by atoms with Gasteiger partial charge in [-0.15, -0.1) is 0 Å². The van der Waals surface area contributed by atoms with Crippen LogP contribution in [-0.2, 0) is 0 Å². The number of aryl methyl sites for hydroxylation is 1. The molecule has 0 bridgehead atoms. The van der Waals surface area contributed by atoms with Gasteiger partial charge in [-0.25, -0.2) is 0 Å². The quantitative estimate of drug-likeness (QED) is 0.416. The first-order chi connectivity index (χ1) is 6.32. The number of ketones is 1. The highest BCUT2D eigenvalue weighted by Crippen LogP contribution is 2.11. The average molecular weight is 210 g/mol. The molecule has 0 N–H and O–H groups in total. The molecule has 1 rings (SSSR count). The average Bonchev–Trinajstić information content (AvgIpc) is 2.01. The molecule has 0 heterocycles. The lowest BCUT2D eigenvalue weighted by Crippen LogP contribution is -2.40. The zero-order chi connectivity index (χ0) is 10.9. The molecule has 14 heavy (non-hydrogen) atoms. The number of carbonyl (C=O) groups is 1. The van der Waals surface area contributed by atoms with Gasteiger partial charge in [0.1, 0.15) is 0 Å². The summed E-state index contributed by atoms with van der Waals surface area (Å²) in [5, 5.41) is 0.616. The Hall–Kier alpha value is -0.963. The first-order valence-electron chi connectivity index (χ1n) is 4.63. The van der Waals surface area contributed by atoms with Crippen LogP contribution < -0.4 is 5.19 Å². The Morgan fingerprint density at radius 3 is 2.36 bits per heavy atom. The maximum Gasteiger partial charge on any atom is 0.272 e. The highest BCUT2D eigenvalue weighted by atomic mass is 28.4. The Balaban J connectivity index is 3.38. The van der Waals surface area contributed by atoms with Crippen molar-refractivity contribution in [1.29, 1.82) is 0 Å². The second-order valence-electron chi connectivity index (χ2n) is 4.08. The lowest BCUT2D eigenvalue weighted by molar-refractivity contribution is 0.101. The van der Waals surface area contributed by atoms with Gasteiger partial charge >= 0.3 is 0 Å². The van der Waals surface area contributed by atoms with Crippen molar-refractivity contribution in [2.75, 3.05) is 0 Å². The van der Waals surface area contributed by atoms with Crippen LogP contribution in [0.4, 0.5) is 4.11 Å². The van der Waals surface area contributed by atoms with E-state index in [1.54, 1.807) is 25.2 Å². The minimum absolute atomic E-state index is 0.0572. The molecule has 0 saturated heterocycles. The van der Waals surface area contributed by atoms with E-state index >= 15 is 0 Å². The van der Waals surface area contributed by atoms with E-state index in [0.29, 0.717) is 10.8 Å². The lowest BCUT2D eigenvalue weighted by Gasteiger charge is -2.15. The first kappa shape index (κ1) is 11.1. The molecule has 0 saturated carbocycles. The van der Waals surface area contributed by atoms with Crippen LogP contribution in [0.15, 0.2) is 18.2 Å². The van der Waals surface area contributed by atoms with E-state index in [-0.39, 0.29) is 5.78 Å². The summed E-state index contributed by atoms with van der Waals surface area (Å²) in [6.45, 7) is 6.60. The minimum atomic E-state index is -2.89. The van der Waals surface area contributed by atoms with Gasteiger partial charge < -0.3 is 4.11 Å². The minimum Gasteiger partial charge on any atom is -0.308 e. The molecule has 1 nitrogen and oxygen atoms in total. The van der Waals surface area contributed by atoms with E-state index in [2.05, 4.69) is 0 Å². The van der Waals surface area contributed by atoms with Crippen molar-refractivity contribution in [3.63, 3.8) is 0 Å². The number of rotatable bonds is 2. The van der Waals surface area contributed by atoms with Crippen LogP contribution in [0.3, 0.4) is 0 Å². The van der Waals surface area contributed by atoms with Gasteiger partial charge in [0.25, 0.3) is 8.41 Å². The van der Waals surface area contributed by atoms with Crippen molar-refractivity contribution in [2.24, 2.45) is 0 Å². The molecule has 76 valence electrons. The fourth-order valence-electron chi connectivity index (χ4n) is 1.46. The van der Waals surface area contributed by atoms with Gasteiger partial charge in [0, 0.05) is 5.56 Å². The molecule has 0 unspecified atom stereocenters. The van der Waals surface area contributed by atoms with Crippen molar-refractivity contribution >= 4 is 19.4 Å². The molecular formula is C11H15FOSi. The molecule has 0 aromatic heterocycles. The van der Waals surface area contributed by atoms with E-state index in [4.69, 9.17) is 0 Å². The summed E-state index contributed by atoms with van der Waals surface area (Å²) in [6, 6.07) is 5.37. The number of carbonyl (C=O) groups excluding carboxylic acids is 1. The van der Waals surface area contributed by atoms with Crippen LogP contribution in [0.5, 0.6) is 0 Å². The molecule has 0 atom stereocenters. The van der Waals surface area contributed by atoms with Gasteiger partial charge in [0.15, 0.2) is 5.78 Å². The predicted molar refractivity (Wildman–Crippen MR) is 59.4 cm³/mol. The maximum atomic E-state index is 13.9. The monoisotopic (exact) mass is 210 g/mol. The Morgan fingerprint density at radius 1 is 1.36 bits per heavy atom. The van der Waals surface area contributed by atoms with Crippen LogP contribution in [0.1, 0.15) is 22.8 Å². The van der Waals surface area contributed by atoms with Gasteiger partial charge in [-0.05, 0) is 32.1 Å². The molecule has 0 radical (unpaired) electrons. The number of hydrogen-bond donors (Lipinski definition) is 0. The van der Waals surface area contributed by atoms with Crippen molar-refractivity contribution in [2.45, 2.75) is 26.9 Å². The number of halogens is 1. The summed E-state index contributed by atoms with van der Waals surface area (Å²) in [7, 11) is -2.89. The highest BCUT2D eigenvalue weighted by molar-refractivity contribution is 6.84. The molecule has 3 heteroatoms. The van der Waals surface area contributed by atoms with Crippen molar-refractivity contribution in [3.8, 4) is 0 Å². The third-order valence-corrected chi connectivity index (χ3v) is 3.89. The van der Waals surface area contributed by atoms with Crippen LogP contribution >= 0.6 is 0 Å². The van der Waals surface area contributed by atoms with Crippen LogP contribution in [0, 0.1) is 6.92 Å². The number of hydrogen-bond acceptors (Lipinski definition) is 1. The fraction of sp³-hybridized carbons (Fsp3) is 0.364. The van der Waals surface area contributed by atoms with Crippen LogP contribution in [0.2, 0.25) is 13.1 Å². The smallest absolute Gasteiger partial charge is 0.272 e. The summed E-state index contributed by atoms with van der Waals surface area (Å²) in [6.07, 6.45) is 0. The summed E-state index contributed by atoms with van der Waals surface area (Å²) < 4.78 is 13.9. The Labute approximate surface area is 85.1 Å². The van der Waals surface area contributed by atoms with E-state index < -0.39 is 8.41 Å². The van der Waals surface area contributed by atoms with Crippen molar-refractivity contribution < 1.29 is 8.90 Å². The molecule has 0 aliphatic carbocycles. The van der Waals surface area contributed by atoms with Crippen LogP contribution in [0.25, 0.3) is 0 Å². The summed E-state index contributed by atoms with van der Waals surface area (Å²) >= 11 is 0. The highest BCUT2D eigenvalue weighted by Gasteiger charge is 2.27. The van der Waals surface area contributed by atoms with Gasteiger partial charge in [0.05, 0.1) is 0 Å². The van der Waals surface area contributed by atoms with E-state index in [9.17, 15) is 8.90 Å². The van der Waals surface area contributed by atoms with Gasteiger partial charge in [-0.3, -0.25) is 4.79 Å². The molecule has 0 amide bonds. The summed E-state index contributed by atoms with van der Waals surface area (Å²) in [5.74, 6) is -0.0572. The molecular weight excluding hydrogens is 195 g/mol. The van der Waals surface area contributed by atoms with E-state index in [1.165, 1.54) is 6.92 Å². The van der Waals surface area contributed by atoms with E-state index in [0.717, 1.165) is 5.56 Å². The lowest BCUT2D eigenvalue weighted by atomic mass is 10.1. The predicted octanol–water partition coefficient (Wildman–Crippen LogP) is 2.58. The second-order valence-corrected chi connectivity index (χ2v) is 7.56. The molecule has 0 aliphatic heterocycles. The molecule has 1 aromatic carbocycles. The van der Waals surface area contributed by atoms with Gasteiger partial charge in [0.2, 0.25) is 0 Å². The zero-order valence-corrected chi connectivity index (χ0v) is 10.0. The maximum absolute atomic E-state index is 13.9. The Kier molecular flexibility index (Phi) is 2.90. The first-order valence-corrected chi connectivity index (χ1v) is 7.51. The Bertz CT molecular complexity index is 366. The van der Waals surface area contributed by atoms with Crippen LogP contribution in [-0.4, -0.2) is 14.2 Å². The number of benzene rings is 1. The molecule has 0 spiro atoms. The molecule has 1 aromatic rings. The zero-order valence-electron chi connectivity index (χ0n) is 9.02. The SMILES string of the molecule is CC(=O)c1ccc(C)cc1[Si](C)(C)F. The fourth-order valence-corrected chi connectivity index (χ4v) is 2.93. The molecule has 0 aliphatic rings. The molecule has 0 fully saturated rings. The topological polar surface area (TPSA) is 17.1 Å². The second kappa shape index (κ2) is 3.65. The normalized spacial score (nSPS) is 11.5. The third-order valence-electron chi connectivity index (χ3n) is 2.19. The van der Waals surface area contributed by atoms with Crippen molar-refractivity contribution in [3.05, 3.63) is 29.3 Å². The number of Topliss-reactive ketones (excluding diaryl/α,β-unsaturated/α-hetero) is 1. The Morgan fingerprint density at radius 2 is 1.93 bits per heavy atom. The summed E-state index contributed by atoms with van der Waals surface area (Å²) in [5.41, 5.74) is 1.54. The van der Waals surface area contributed by atoms with Gasteiger partial charge in [-0.1, -0.05) is 23.8 Å². The van der Waals surface area contributed by atoms with Gasteiger partial charge in [-0.2, -0.15) is 0 Å². The standard InChI is InChI=1S/C11H15FOSi/c1-8-5-6-10(9(2)13)11(7-8)14(3,4)12/h5-7H,1-4H3. The largest absolute Gasteiger partial charge is 0.308 e. The van der Waals surface area contributed by atoms with E-state index in [1.807, 2.05) is 13.0 Å².